The van der Waals surface area contributed by atoms with Crippen LogP contribution in [-0.4, -0.2) is 28.6 Å². The summed E-state index contributed by atoms with van der Waals surface area (Å²) in [5, 5.41) is 14.5. The Morgan fingerprint density at radius 3 is 2.73 bits per heavy atom. The van der Waals surface area contributed by atoms with Gasteiger partial charge in [-0.05, 0) is 25.0 Å². The van der Waals surface area contributed by atoms with Crippen LogP contribution in [0.5, 0.6) is 0 Å². The molecule has 7 nitrogen and oxygen atoms in total. The molecule has 2 aromatic rings. The molecule has 0 unspecified atom stereocenters. The van der Waals surface area contributed by atoms with Crippen LogP contribution in [0.1, 0.15) is 48.2 Å². The van der Waals surface area contributed by atoms with E-state index in [1.54, 1.807) is 6.07 Å². The van der Waals surface area contributed by atoms with Gasteiger partial charge >= 0.3 is 0 Å². The number of anilines is 1. The maximum atomic E-state index is 11.8. The molecule has 0 atom stereocenters. The Morgan fingerprint density at radius 1 is 1.32 bits per heavy atom. The third-order valence-electron chi connectivity index (χ3n) is 3.18. The number of hydrogen-bond acceptors (Lipinski definition) is 6. The number of carbonyl (C=O) groups is 2. The zero-order valence-electron chi connectivity index (χ0n) is 12.5. The smallest absolute Gasteiger partial charge is 0.287 e. The number of furan rings is 1. The summed E-state index contributed by atoms with van der Waals surface area (Å²) in [5.74, 6) is -0.260. The highest BCUT2D eigenvalue weighted by Gasteiger charge is 2.15. The van der Waals surface area contributed by atoms with Gasteiger partial charge in [0.1, 0.15) is 5.01 Å². The Bertz CT molecular complexity index is 620. The zero-order valence-corrected chi connectivity index (χ0v) is 13.3. The van der Waals surface area contributed by atoms with Gasteiger partial charge in [0.25, 0.3) is 5.91 Å². The summed E-state index contributed by atoms with van der Waals surface area (Å²) >= 11 is 1.37. The van der Waals surface area contributed by atoms with Gasteiger partial charge in [-0.1, -0.05) is 25.2 Å². The third kappa shape index (κ3) is 4.14. The van der Waals surface area contributed by atoms with Crippen LogP contribution >= 0.6 is 11.3 Å². The Morgan fingerprint density at radius 2 is 2.09 bits per heavy atom. The van der Waals surface area contributed by atoms with Gasteiger partial charge in [0, 0.05) is 5.92 Å². The van der Waals surface area contributed by atoms with Crippen LogP contribution in [0.3, 0.4) is 0 Å². The van der Waals surface area contributed by atoms with Gasteiger partial charge < -0.3 is 9.73 Å². The summed E-state index contributed by atoms with van der Waals surface area (Å²) < 4.78 is 4.94. The Hall–Kier alpha value is -2.22. The molecule has 2 amide bonds. The summed E-state index contributed by atoms with van der Waals surface area (Å²) in [6.45, 7) is 4.04. The van der Waals surface area contributed by atoms with Crippen molar-refractivity contribution in [1.29, 1.82) is 0 Å². The second kappa shape index (κ2) is 7.69. The number of hydrogen-bond donors (Lipinski definition) is 2. The van der Waals surface area contributed by atoms with Crippen LogP contribution in [-0.2, 0) is 4.79 Å². The maximum absolute atomic E-state index is 11.8. The average molecular weight is 322 g/mol. The molecule has 0 radical (unpaired) electrons. The summed E-state index contributed by atoms with van der Waals surface area (Å²) in [7, 11) is 0. The lowest BCUT2D eigenvalue weighted by atomic mass is 10.1. The van der Waals surface area contributed by atoms with Crippen molar-refractivity contribution in [3.8, 4) is 0 Å². The van der Waals surface area contributed by atoms with Crippen molar-refractivity contribution in [3.05, 3.63) is 29.2 Å². The normalized spacial score (nSPS) is 10.7. The molecule has 2 heterocycles. The van der Waals surface area contributed by atoms with E-state index in [0.717, 1.165) is 17.8 Å². The maximum Gasteiger partial charge on any atom is 0.287 e. The van der Waals surface area contributed by atoms with Crippen LogP contribution in [0.2, 0.25) is 0 Å². The minimum atomic E-state index is -0.435. The molecule has 8 heteroatoms. The van der Waals surface area contributed by atoms with Gasteiger partial charge in [-0.3, -0.25) is 14.9 Å². The van der Waals surface area contributed by atoms with Crippen molar-refractivity contribution >= 4 is 28.3 Å². The molecule has 0 spiro atoms. The molecular formula is C14H18N4O3S. The van der Waals surface area contributed by atoms with Gasteiger partial charge in [-0.15, -0.1) is 10.2 Å². The largest absolute Gasteiger partial charge is 0.459 e. The van der Waals surface area contributed by atoms with Crippen LogP contribution in [0.25, 0.3) is 0 Å². The molecule has 22 heavy (non-hydrogen) atoms. The monoisotopic (exact) mass is 322 g/mol. The molecule has 2 aromatic heterocycles. The summed E-state index contributed by atoms with van der Waals surface area (Å²) in [6, 6.07) is 3.13. The van der Waals surface area contributed by atoms with Crippen LogP contribution in [0.4, 0.5) is 5.13 Å². The fourth-order valence-electron chi connectivity index (χ4n) is 1.91. The Labute approximate surface area is 132 Å². The highest BCUT2D eigenvalue weighted by Crippen LogP contribution is 2.27. The second-order valence-corrected chi connectivity index (χ2v) is 5.68. The van der Waals surface area contributed by atoms with E-state index >= 15 is 0 Å². The molecule has 0 saturated carbocycles. The molecule has 0 fully saturated rings. The zero-order chi connectivity index (χ0) is 15.9. The SMILES string of the molecule is CCC(CC)c1nnc(NC(=O)CNC(=O)c2ccco2)s1. The topological polar surface area (TPSA) is 97.1 Å². The van der Waals surface area contributed by atoms with Crippen molar-refractivity contribution in [2.24, 2.45) is 0 Å². The Kier molecular flexibility index (Phi) is 5.65. The van der Waals surface area contributed by atoms with Crippen molar-refractivity contribution in [2.75, 3.05) is 11.9 Å². The molecule has 0 aliphatic heterocycles. The number of rotatable bonds is 7. The first-order valence-corrected chi connectivity index (χ1v) is 7.90. The van der Waals surface area contributed by atoms with E-state index in [1.165, 1.54) is 23.7 Å². The average Bonchev–Trinajstić information content (AvgIpc) is 3.18. The van der Waals surface area contributed by atoms with Gasteiger partial charge in [0.2, 0.25) is 11.0 Å². The van der Waals surface area contributed by atoms with Crippen LogP contribution < -0.4 is 10.6 Å². The highest BCUT2D eigenvalue weighted by atomic mass is 32.1. The number of nitrogens with one attached hydrogen (secondary N) is 2. The quantitative estimate of drug-likeness (QED) is 0.816. The number of nitrogens with zero attached hydrogens (tertiary/aromatic N) is 2. The first-order valence-electron chi connectivity index (χ1n) is 7.09. The van der Waals surface area contributed by atoms with Crippen molar-refractivity contribution in [2.45, 2.75) is 32.6 Å². The van der Waals surface area contributed by atoms with E-state index in [1.807, 2.05) is 0 Å². The van der Waals surface area contributed by atoms with Gasteiger partial charge in [0.05, 0.1) is 12.8 Å². The lowest BCUT2D eigenvalue weighted by Gasteiger charge is -2.06. The predicted octanol–water partition coefficient (Wildman–Crippen LogP) is 2.40. The molecular weight excluding hydrogens is 304 g/mol. The predicted molar refractivity (Wildman–Crippen MR) is 82.9 cm³/mol. The van der Waals surface area contributed by atoms with Crippen LogP contribution in [0, 0.1) is 0 Å². The standard InChI is InChI=1S/C14H18N4O3S/c1-3-9(4-2)13-17-18-14(22-13)16-11(19)8-15-12(20)10-6-5-7-21-10/h5-7,9H,3-4,8H2,1-2H3,(H,15,20)(H,16,18,19). The van der Waals surface area contributed by atoms with Crippen molar-refractivity contribution in [1.82, 2.24) is 15.5 Å². The molecule has 0 aliphatic carbocycles. The lowest BCUT2D eigenvalue weighted by molar-refractivity contribution is -0.115. The van der Waals surface area contributed by atoms with E-state index in [2.05, 4.69) is 34.7 Å². The summed E-state index contributed by atoms with van der Waals surface area (Å²) in [4.78, 5) is 23.4. The molecule has 0 saturated heterocycles. The highest BCUT2D eigenvalue weighted by molar-refractivity contribution is 7.15. The molecule has 118 valence electrons. The minimum Gasteiger partial charge on any atom is -0.459 e. The summed E-state index contributed by atoms with van der Waals surface area (Å²) in [6.07, 6.45) is 3.37. The van der Waals surface area contributed by atoms with E-state index in [0.29, 0.717) is 11.0 Å². The second-order valence-electron chi connectivity index (χ2n) is 4.67. The molecule has 0 aromatic carbocycles. The van der Waals surface area contributed by atoms with Gasteiger partial charge in [-0.25, -0.2) is 0 Å². The van der Waals surface area contributed by atoms with Gasteiger partial charge in [-0.2, -0.15) is 0 Å². The van der Waals surface area contributed by atoms with Crippen molar-refractivity contribution in [3.63, 3.8) is 0 Å². The molecule has 0 aliphatic rings. The number of aromatic nitrogens is 2. The minimum absolute atomic E-state index is 0.153. The Balaban J connectivity index is 1.83. The van der Waals surface area contributed by atoms with E-state index in [4.69, 9.17) is 4.42 Å². The van der Waals surface area contributed by atoms with Crippen molar-refractivity contribution < 1.29 is 14.0 Å². The van der Waals surface area contributed by atoms with E-state index < -0.39 is 5.91 Å². The number of amides is 2. The molecule has 2 N–H and O–H groups in total. The fourth-order valence-corrected chi connectivity index (χ4v) is 2.93. The first-order chi connectivity index (χ1) is 10.6. The molecule has 0 bridgehead atoms. The third-order valence-corrected chi connectivity index (χ3v) is 4.18. The van der Waals surface area contributed by atoms with Gasteiger partial charge in [0.15, 0.2) is 5.76 Å². The number of carbonyl (C=O) groups excluding carboxylic acids is 2. The van der Waals surface area contributed by atoms with E-state index in [-0.39, 0.29) is 18.2 Å². The van der Waals surface area contributed by atoms with Crippen LogP contribution in [0.15, 0.2) is 22.8 Å². The molecule has 2 rings (SSSR count). The first kappa shape index (κ1) is 16.2. The summed E-state index contributed by atoms with van der Waals surface area (Å²) in [5.41, 5.74) is 0. The fraction of sp³-hybridized carbons (Fsp3) is 0.429. The lowest BCUT2D eigenvalue weighted by Crippen LogP contribution is -2.32. The van der Waals surface area contributed by atoms with E-state index in [9.17, 15) is 9.59 Å².